The zero-order valence-electron chi connectivity index (χ0n) is 11.0. The molecule has 19 heavy (non-hydrogen) atoms. The van der Waals surface area contributed by atoms with Gasteiger partial charge in [0.2, 0.25) is 0 Å². The van der Waals surface area contributed by atoms with Crippen LogP contribution in [-0.4, -0.2) is 42.0 Å². The number of hydrogen-bond acceptors (Lipinski definition) is 3. The molecule has 104 valence electrons. The molecule has 0 aliphatic carbocycles. The molecule has 0 amide bonds. The summed E-state index contributed by atoms with van der Waals surface area (Å²) in [5.74, 6) is 0.645. The van der Waals surface area contributed by atoms with Gasteiger partial charge in [-0.15, -0.1) is 0 Å². The van der Waals surface area contributed by atoms with Crippen LogP contribution in [0.5, 0.6) is 0 Å². The monoisotopic (exact) mass is 325 g/mol. The summed E-state index contributed by atoms with van der Waals surface area (Å²) in [7, 11) is 0. The molecule has 1 heterocycles. The van der Waals surface area contributed by atoms with Crippen LogP contribution in [0, 0.1) is 5.92 Å². The first kappa shape index (κ1) is 14.7. The van der Waals surface area contributed by atoms with Crippen molar-refractivity contribution in [3.8, 4) is 0 Å². The van der Waals surface area contributed by atoms with Gasteiger partial charge in [-0.05, 0) is 37.9 Å². The predicted octanol–water partition coefficient (Wildman–Crippen LogP) is 2.73. The van der Waals surface area contributed by atoms with Gasteiger partial charge in [0, 0.05) is 29.6 Å². The Morgan fingerprint density at radius 1 is 1.32 bits per heavy atom. The van der Waals surface area contributed by atoms with Crippen LogP contribution >= 0.6 is 15.9 Å². The number of nitrogens with zero attached hydrogens (tertiary/aromatic N) is 1. The minimum atomic E-state index is 0.191. The molecular weight excluding hydrogens is 306 g/mol. The number of halogens is 1. The molecule has 0 bridgehead atoms. The van der Waals surface area contributed by atoms with Crippen LogP contribution in [0.25, 0.3) is 0 Å². The normalized spacial score (nSPS) is 17.6. The first-order valence-corrected chi connectivity index (χ1v) is 7.61. The number of benzene rings is 1. The van der Waals surface area contributed by atoms with Crippen molar-refractivity contribution in [2.45, 2.75) is 19.3 Å². The van der Waals surface area contributed by atoms with Crippen LogP contribution in [0.3, 0.4) is 0 Å². The van der Waals surface area contributed by atoms with Crippen molar-refractivity contribution in [2.24, 2.45) is 5.92 Å². The molecule has 3 nitrogen and oxygen atoms in total. The second-order valence-electron chi connectivity index (χ2n) is 5.12. The first-order valence-electron chi connectivity index (χ1n) is 6.81. The number of aliphatic hydroxyl groups is 1. The average Bonchev–Trinajstić information content (AvgIpc) is 2.46. The van der Waals surface area contributed by atoms with Crippen molar-refractivity contribution in [3.63, 3.8) is 0 Å². The fourth-order valence-electron chi connectivity index (χ4n) is 2.47. The Hall–Kier alpha value is -0.710. The second-order valence-corrected chi connectivity index (χ2v) is 5.97. The number of Topliss-reactive ketones (excluding diaryl/α,β-unsaturated/α-hetero) is 1. The molecule has 4 heteroatoms. The summed E-state index contributed by atoms with van der Waals surface area (Å²) in [6.07, 6.45) is 2.64. The lowest BCUT2D eigenvalue weighted by Crippen LogP contribution is -2.36. The third kappa shape index (κ3) is 4.13. The lowest BCUT2D eigenvalue weighted by atomic mass is 9.97. The van der Waals surface area contributed by atoms with E-state index in [1.807, 2.05) is 24.3 Å². The van der Waals surface area contributed by atoms with E-state index in [4.69, 9.17) is 5.11 Å². The highest BCUT2D eigenvalue weighted by molar-refractivity contribution is 9.10. The van der Waals surface area contributed by atoms with Crippen molar-refractivity contribution < 1.29 is 9.90 Å². The highest BCUT2D eigenvalue weighted by Gasteiger charge is 2.19. The maximum absolute atomic E-state index is 12.1. The Balaban J connectivity index is 1.80. The first-order chi connectivity index (χ1) is 9.20. The van der Waals surface area contributed by atoms with E-state index in [0.717, 1.165) is 42.5 Å². The Bertz CT molecular complexity index is 428. The van der Waals surface area contributed by atoms with Gasteiger partial charge in [0.05, 0.1) is 0 Å². The number of ketones is 1. The van der Waals surface area contributed by atoms with Gasteiger partial charge in [0.1, 0.15) is 0 Å². The van der Waals surface area contributed by atoms with E-state index in [1.165, 1.54) is 0 Å². The maximum atomic E-state index is 12.1. The van der Waals surface area contributed by atoms with Gasteiger partial charge < -0.3 is 10.0 Å². The summed E-state index contributed by atoms with van der Waals surface area (Å²) in [5.41, 5.74) is 0.771. The molecule has 0 spiro atoms. The Morgan fingerprint density at radius 2 is 2.00 bits per heavy atom. The molecule has 0 aromatic heterocycles. The Kier molecular flexibility index (Phi) is 5.55. The van der Waals surface area contributed by atoms with E-state index < -0.39 is 0 Å². The number of hydrogen-bond donors (Lipinski definition) is 1. The molecule has 0 radical (unpaired) electrons. The van der Waals surface area contributed by atoms with Crippen LogP contribution in [0.15, 0.2) is 28.7 Å². The quantitative estimate of drug-likeness (QED) is 0.846. The fourth-order valence-corrected chi connectivity index (χ4v) is 2.98. The molecule has 0 unspecified atom stereocenters. The van der Waals surface area contributed by atoms with E-state index in [9.17, 15) is 4.79 Å². The van der Waals surface area contributed by atoms with E-state index in [2.05, 4.69) is 20.8 Å². The van der Waals surface area contributed by atoms with Crippen molar-refractivity contribution in [1.29, 1.82) is 0 Å². The van der Waals surface area contributed by atoms with Crippen molar-refractivity contribution in [3.05, 3.63) is 34.3 Å². The predicted molar refractivity (Wildman–Crippen MR) is 79.3 cm³/mol. The van der Waals surface area contributed by atoms with Gasteiger partial charge in [-0.25, -0.2) is 0 Å². The van der Waals surface area contributed by atoms with Crippen molar-refractivity contribution in [2.75, 3.05) is 26.2 Å². The molecule has 1 saturated heterocycles. The standard InChI is InChI=1S/C15H20BrNO2/c16-14-4-2-1-3-13(14)15(19)7-10-17-8-5-12(11-18)6-9-17/h1-4,12,18H,5-11H2. The Morgan fingerprint density at radius 3 is 2.63 bits per heavy atom. The number of aliphatic hydroxyl groups excluding tert-OH is 1. The molecule has 1 fully saturated rings. The van der Waals surface area contributed by atoms with Crippen LogP contribution < -0.4 is 0 Å². The highest BCUT2D eigenvalue weighted by Crippen LogP contribution is 2.19. The van der Waals surface area contributed by atoms with Crippen LogP contribution in [0.4, 0.5) is 0 Å². The molecule has 2 rings (SSSR count). The molecule has 1 aliphatic heterocycles. The summed E-state index contributed by atoms with van der Waals surface area (Å²) in [6, 6.07) is 7.58. The minimum Gasteiger partial charge on any atom is -0.396 e. The van der Waals surface area contributed by atoms with E-state index >= 15 is 0 Å². The van der Waals surface area contributed by atoms with Crippen molar-refractivity contribution in [1.82, 2.24) is 4.90 Å². The van der Waals surface area contributed by atoms with Gasteiger partial charge >= 0.3 is 0 Å². The minimum absolute atomic E-state index is 0.191. The van der Waals surface area contributed by atoms with Crippen LogP contribution in [0.1, 0.15) is 29.6 Å². The fraction of sp³-hybridized carbons (Fsp3) is 0.533. The summed E-state index contributed by atoms with van der Waals surface area (Å²) in [4.78, 5) is 14.5. The molecule has 1 N–H and O–H groups in total. The lowest BCUT2D eigenvalue weighted by Gasteiger charge is -2.30. The Labute approximate surface area is 122 Å². The molecule has 1 aliphatic rings. The molecule has 0 atom stereocenters. The number of rotatable bonds is 5. The van der Waals surface area contributed by atoms with E-state index in [1.54, 1.807) is 0 Å². The summed E-state index contributed by atoms with van der Waals surface area (Å²) < 4.78 is 0.874. The molecule has 1 aromatic rings. The maximum Gasteiger partial charge on any atom is 0.165 e. The number of carbonyl (C=O) groups is 1. The topological polar surface area (TPSA) is 40.5 Å². The molecular formula is C15H20BrNO2. The summed E-state index contributed by atoms with van der Waals surface area (Å²) >= 11 is 3.42. The average molecular weight is 326 g/mol. The van der Waals surface area contributed by atoms with Crippen LogP contribution in [-0.2, 0) is 0 Å². The highest BCUT2D eigenvalue weighted by atomic mass is 79.9. The van der Waals surface area contributed by atoms with Crippen LogP contribution in [0.2, 0.25) is 0 Å². The zero-order valence-corrected chi connectivity index (χ0v) is 12.6. The lowest BCUT2D eigenvalue weighted by molar-refractivity contribution is 0.0932. The summed E-state index contributed by atoms with van der Waals surface area (Å²) in [5, 5.41) is 9.10. The van der Waals surface area contributed by atoms with Crippen molar-refractivity contribution >= 4 is 21.7 Å². The molecule has 1 aromatic carbocycles. The van der Waals surface area contributed by atoms with E-state index in [0.29, 0.717) is 18.9 Å². The molecule has 0 saturated carbocycles. The smallest absolute Gasteiger partial charge is 0.165 e. The number of carbonyl (C=O) groups excluding carboxylic acids is 1. The largest absolute Gasteiger partial charge is 0.396 e. The van der Waals surface area contributed by atoms with Gasteiger partial charge in [-0.3, -0.25) is 4.79 Å². The zero-order chi connectivity index (χ0) is 13.7. The SMILES string of the molecule is O=C(CCN1CCC(CO)CC1)c1ccccc1Br. The number of piperidine rings is 1. The third-order valence-electron chi connectivity index (χ3n) is 3.79. The van der Waals surface area contributed by atoms with Gasteiger partial charge in [0.15, 0.2) is 5.78 Å². The van der Waals surface area contributed by atoms with E-state index in [-0.39, 0.29) is 5.78 Å². The van der Waals surface area contributed by atoms with Gasteiger partial charge in [-0.2, -0.15) is 0 Å². The number of likely N-dealkylation sites (tertiary alicyclic amines) is 1. The van der Waals surface area contributed by atoms with Gasteiger partial charge in [0.25, 0.3) is 0 Å². The van der Waals surface area contributed by atoms with Gasteiger partial charge in [-0.1, -0.05) is 34.1 Å². The third-order valence-corrected chi connectivity index (χ3v) is 4.49. The summed E-state index contributed by atoms with van der Waals surface area (Å²) in [6.45, 7) is 3.10. The second kappa shape index (κ2) is 7.17.